The molecule has 1 atom stereocenters. The zero-order valence-corrected chi connectivity index (χ0v) is 12.6. The molecule has 2 aromatic rings. The van der Waals surface area contributed by atoms with Crippen LogP contribution in [0.25, 0.3) is 0 Å². The summed E-state index contributed by atoms with van der Waals surface area (Å²) in [6.45, 7) is 1.92. The van der Waals surface area contributed by atoms with Gasteiger partial charge in [0.1, 0.15) is 0 Å². The number of nitrogens with zero attached hydrogens (tertiary/aromatic N) is 1. The lowest BCUT2D eigenvalue weighted by Crippen LogP contribution is -2.26. The molecular weight excluding hydrogens is 328 g/mol. The highest BCUT2D eigenvalue weighted by Crippen LogP contribution is 2.17. The first kappa shape index (κ1) is 14.0. The average molecular weight is 340 g/mol. The van der Waals surface area contributed by atoms with E-state index >= 15 is 0 Å². The first-order valence-electron chi connectivity index (χ1n) is 5.73. The van der Waals surface area contributed by atoms with E-state index in [1.807, 2.05) is 19.1 Å². The average Bonchev–Trinajstić information content (AvgIpc) is 2.39. The summed E-state index contributed by atoms with van der Waals surface area (Å²) in [7, 11) is 0. The van der Waals surface area contributed by atoms with Crippen LogP contribution in [0.15, 0.2) is 47.2 Å². The van der Waals surface area contributed by atoms with Crippen molar-refractivity contribution < 1.29 is 4.79 Å². The lowest BCUT2D eigenvalue weighted by molar-refractivity contribution is 0.0939. The van der Waals surface area contributed by atoms with Gasteiger partial charge in [0, 0.05) is 21.9 Å². The maximum Gasteiger partial charge on any atom is 0.253 e. The Morgan fingerprint density at radius 2 is 2.00 bits per heavy atom. The number of carbonyl (C=O) groups is 1. The number of benzene rings is 1. The zero-order chi connectivity index (χ0) is 13.8. The van der Waals surface area contributed by atoms with Crippen molar-refractivity contribution in [3.05, 3.63) is 63.3 Å². The molecule has 0 bridgehead atoms. The van der Waals surface area contributed by atoms with Gasteiger partial charge >= 0.3 is 0 Å². The van der Waals surface area contributed by atoms with Crippen molar-refractivity contribution in [1.29, 1.82) is 0 Å². The van der Waals surface area contributed by atoms with E-state index in [1.165, 1.54) is 6.20 Å². The fourth-order valence-corrected chi connectivity index (χ4v) is 2.14. The molecule has 1 aromatic heterocycles. The quantitative estimate of drug-likeness (QED) is 0.918. The molecule has 3 nitrogen and oxygen atoms in total. The number of amides is 1. The highest BCUT2D eigenvalue weighted by Gasteiger charge is 2.11. The van der Waals surface area contributed by atoms with E-state index < -0.39 is 0 Å². The fourth-order valence-electron chi connectivity index (χ4n) is 1.65. The Morgan fingerprint density at radius 3 is 2.63 bits per heavy atom. The first-order valence-corrected chi connectivity index (χ1v) is 6.90. The summed E-state index contributed by atoms with van der Waals surface area (Å²) in [5, 5.41) is 3.60. The molecule has 19 heavy (non-hydrogen) atoms. The smallest absolute Gasteiger partial charge is 0.253 e. The zero-order valence-electron chi connectivity index (χ0n) is 10.2. The molecule has 5 heteroatoms. The van der Waals surface area contributed by atoms with E-state index in [0.717, 1.165) is 10.0 Å². The first-order chi connectivity index (χ1) is 9.06. The number of rotatable bonds is 3. The largest absolute Gasteiger partial charge is 0.345 e. The van der Waals surface area contributed by atoms with Gasteiger partial charge in [-0.1, -0.05) is 23.7 Å². The van der Waals surface area contributed by atoms with E-state index in [1.54, 1.807) is 24.4 Å². The van der Waals surface area contributed by atoms with Crippen LogP contribution in [0.2, 0.25) is 5.02 Å². The predicted molar refractivity (Wildman–Crippen MR) is 79.3 cm³/mol. The Bertz CT molecular complexity index is 586. The Morgan fingerprint density at radius 1 is 1.32 bits per heavy atom. The number of aromatic nitrogens is 1. The summed E-state index contributed by atoms with van der Waals surface area (Å²) >= 11 is 9.13. The molecule has 98 valence electrons. The van der Waals surface area contributed by atoms with Crippen molar-refractivity contribution in [2.24, 2.45) is 0 Å². The van der Waals surface area contributed by atoms with Gasteiger partial charge in [-0.3, -0.25) is 9.78 Å². The maximum atomic E-state index is 12.0. The van der Waals surface area contributed by atoms with Crippen LogP contribution < -0.4 is 5.32 Å². The molecule has 0 radical (unpaired) electrons. The second-order valence-corrected chi connectivity index (χ2v) is 5.49. The highest BCUT2D eigenvalue weighted by molar-refractivity contribution is 9.10. The van der Waals surface area contributed by atoms with E-state index in [2.05, 4.69) is 26.2 Å². The van der Waals surface area contributed by atoms with Crippen LogP contribution in [0.1, 0.15) is 28.9 Å². The third-order valence-corrected chi connectivity index (χ3v) is 3.37. The van der Waals surface area contributed by atoms with Crippen LogP contribution in [-0.4, -0.2) is 10.9 Å². The number of nitrogens with one attached hydrogen (secondary N) is 1. The van der Waals surface area contributed by atoms with Gasteiger partial charge in [-0.2, -0.15) is 0 Å². The molecule has 0 aliphatic carbocycles. The number of hydrogen-bond donors (Lipinski definition) is 1. The van der Waals surface area contributed by atoms with Crippen molar-refractivity contribution >= 4 is 33.4 Å². The fraction of sp³-hybridized carbons (Fsp3) is 0.143. The van der Waals surface area contributed by atoms with Crippen molar-refractivity contribution in [2.45, 2.75) is 13.0 Å². The van der Waals surface area contributed by atoms with Gasteiger partial charge in [0.25, 0.3) is 5.91 Å². The van der Waals surface area contributed by atoms with Crippen LogP contribution in [0, 0.1) is 0 Å². The van der Waals surface area contributed by atoms with Gasteiger partial charge in [0.15, 0.2) is 0 Å². The molecule has 0 unspecified atom stereocenters. The SMILES string of the molecule is C[C@H](NC(=O)c1cncc(Br)c1)c1ccc(Cl)cc1. The number of halogens is 2. The summed E-state index contributed by atoms with van der Waals surface area (Å²) in [6, 6.07) is 9.04. The minimum Gasteiger partial charge on any atom is -0.345 e. The normalized spacial score (nSPS) is 11.9. The standard InChI is InChI=1S/C14H12BrClN2O/c1-9(10-2-4-13(16)5-3-10)18-14(19)11-6-12(15)8-17-7-11/h2-9H,1H3,(H,18,19)/t9-/m0/s1. The molecule has 0 spiro atoms. The second kappa shape index (κ2) is 6.17. The molecule has 1 amide bonds. The second-order valence-electron chi connectivity index (χ2n) is 4.14. The molecule has 1 heterocycles. The molecule has 0 fully saturated rings. The minimum absolute atomic E-state index is 0.0938. The summed E-state index contributed by atoms with van der Waals surface area (Å²) in [5.41, 5.74) is 1.52. The van der Waals surface area contributed by atoms with Crippen LogP contribution in [0.3, 0.4) is 0 Å². The van der Waals surface area contributed by atoms with Crippen LogP contribution >= 0.6 is 27.5 Å². The number of carbonyl (C=O) groups excluding carboxylic acids is 1. The third-order valence-electron chi connectivity index (χ3n) is 2.68. The Balaban J connectivity index is 2.08. The van der Waals surface area contributed by atoms with Gasteiger partial charge in [-0.05, 0) is 46.6 Å². The molecule has 1 N–H and O–H groups in total. The van der Waals surface area contributed by atoms with Crippen molar-refractivity contribution in [2.75, 3.05) is 0 Å². The van der Waals surface area contributed by atoms with Crippen LogP contribution in [0.5, 0.6) is 0 Å². The molecule has 0 saturated heterocycles. The van der Waals surface area contributed by atoms with E-state index in [0.29, 0.717) is 10.6 Å². The topological polar surface area (TPSA) is 42.0 Å². The molecule has 1 aromatic carbocycles. The van der Waals surface area contributed by atoms with E-state index in [-0.39, 0.29) is 11.9 Å². The van der Waals surface area contributed by atoms with Crippen molar-refractivity contribution in [1.82, 2.24) is 10.3 Å². The van der Waals surface area contributed by atoms with Crippen LogP contribution in [-0.2, 0) is 0 Å². The van der Waals surface area contributed by atoms with Crippen molar-refractivity contribution in [3.63, 3.8) is 0 Å². The lowest BCUT2D eigenvalue weighted by Gasteiger charge is -2.14. The van der Waals surface area contributed by atoms with Gasteiger partial charge in [-0.15, -0.1) is 0 Å². The lowest BCUT2D eigenvalue weighted by atomic mass is 10.1. The van der Waals surface area contributed by atoms with E-state index in [9.17, 15) is 4.79 Å². The molecule has 0 aliphatic heterocycles. The predicted octanol–water partition coefficient (Wildman–Crippen LogP) is 3.99. The van der Waals surface area contributed by atoms with Crippen LogP contribution in [0.4, 0.5) is 0 Å². The highest BCUT2D eigenvalue weighted by atomic mass is 79.9. The van der Waals surface area contributed by atoms with Gasteiger partial charge in [0.2, 0.25) is 0 Å². The number of pyridine rings is 1. The minimum atomic E-state index is -0.156. The third kappa shape index (κ3) is 3.78. The Hall–Kier alpha value is -1.39. The van der Waals surface area contributed by atoms with Gasteiger partial charge in [-0.25, -0.2) is 0 Å². The monoisotopic (exact) mass is 338 g/mol. The number of hydrogen-bond acceptors (Lipinski definition) is 2. The van der Waals surface area contributed by atoms with Crippen molar-refractivity contribution in [3.8, 4) is 0 Å². The summed E-state index contributed by atoms with van der Waals surface area (Å²) in [4.78, 5) is 16.0. The molecule has 2 rings (SSSR count). The molecule has 0 aliphatic rings. The molecular formula is C14H12BrClN2O. The molecule has 0 saturated carbocycles. The summed E-state index contributed by atoms with van der Waals surface area (Å²) in [6.07, 6.45) is 3.17. The Labute approximate surface area is 125 Å². The Kier molecular flexibility index (Phi) is 4.56. The summed E-state index contributed by atoms with van der Waals surface area (Å²) < 4.78 is 0.777. The van der Waals surface area contributed by atoms with Gasteiger partial charge in [0.05, 0.1) is 11.6 Å². The maximum absolute atomic E-state index is 12.0. The van der Waals surface area contributed by atoms with E-state index in [4.69, 9.17) is 11.6 Å². The summed E-state index contributed by atoms with van der Waals surface area (Å²) in [5.74, 6) is -0.156. The van der Waals surface area contributed by atoms with Gasteiger partial charge < -0.3 is 5.32 Å².